The minimum atomic E-state index is 0.140. The fraction of sp³-hybridized carbons (Fsp3) is 0.235. The Kier molecular flexibility index (Phi) is 3.82. The fourth-order valence-electron chi connectivity index (χ4n) is 2.88. The van der Waals surface area contributed by atoms with E-state index < -0.39 is 0 Å². The predicted molar refractivity (Wildman–Crippen MR) is 92.6 cm³/mol. The van der Waals surface area contributed by atoms with Gasteiger partial charge in [0.1, 0.15) is 5.75 Å². The average molecular weight is 329 g/mol. The number of hydrogen-bond acceptors (Lipinski definition) is 4. The molecule has 2 heterocycles. The quantitative estimate of drug-likeness (QED) is 0.725. The number of phenolic OH excluding ortho intramolecular Hbond substituents is 1. The van der Waals surface area contributed by atoms with Gasteiger partial charge in [0.25, 0.3) is 0 Å². The number of aromatic hydroxyl groups is 1. The minimum Gasteiger partial charge on any atom is -0.507 e. The molecule has 0 fully saturated rings. The lowest BCUT2D eigenvalue weighted by molar-refractivity contribution is 0.474. The lowest BCUT2D eigenvalue weighted by atomic mass is 10.1. The number of nitrogens with zero attached hydrogens (tertiary/aromatic N) is 4. The van der Waals surface area contributed by atoms with Crippen LogP contribution in [0.4, 0.5) is 0 Å². The number of aryl methyl sites for hydroxylation is 4. The number of rotatable bonds is 2. The van der Waals surface area contributed by atoms with Crippen molar-refractivity contribution >= 4 is 28.6 Å². The molecule has 0 saturated carbocycles. The highest BCUT2D eigenvalue weighted by Gasteiger charge is 2.16. The molecule has 0 aliphatic heterocycles. The maximum Gasteiger partial charge on any atom is 0.124 e. The second-order valence-electron chi connectivity index (χ2n) is 5.55. The van der Waals surface area contributed by atoms with Gasteiger partial charge >= 0.3 is 0 Å². The summed E-state index contributed by atoms with van der Waals surface area (Å²) in [6, 6.07) is 4.87. The van der Waals surface area contributed by atoms with E-state index in [-0.39, 0.29) is 5.75 Å². The molecular weight excluding hydrogens is 312 g/mol. The van der Waals surface area contributed by atoms with Crippen molar-refractivity contribution in [1.82, 2.24) is 14.9 Å². The molecule has 0 saturated heterocycles. The third kappa shape index (κ3) is 2.57. The monoisotopic (exact) mass is 328 g/mol. The molecule has 1 N–H and O–H groups in total. The molecule has 1 aromatic carbocycles. The Morgan fingerprint density at radius 3 is 2.17 bits per heavy atom. The van der Waals surface area contributed by atoms with Crippen molar-refractivity contribution in [3.63, 3.8) is 0 Å². The SMILES string of the molecule is Cc1nnc(C)c2c(C)n(/N=C\c3cc(Cl)ccc3O)c(C)c12. The summed E-state index contributed by atoms with van der Waals surface area (Å²) in [5.74, 6) is 0.140. The van der Waals surface area contributed by atoms with Gasteiger partial charge in [0.2, 0.25) is 0 Å². The molecule has 3 aromatic rings. The Labute approximate surface area is 139 Å². The molecule has 5 nitrogen and oxygen atoms in total. The van der Waals surface area contributed by atoms with Crippen LogP contribution in [0, 0.1) is 27.7 Å². The maximum absolute atomic E-state index is 9.90. The van der Waals surface area contributed by atoms with Gasteiger partial charge in [0.05, 0.1) is 17.6 Å². The number of halogens is 1. The number of aromatic nitrogens is 3. The van der Waals surface area contributed by atoms with Crippen molar-refractivity contribution in [2.24, 2.45) is 5.10 Å². The van der Waals surface area contributed by atoms with Gasteiger partial charge in [-0.15, -0.1) is 0 Å². The van der Waals surface area contributed by atoms with E-state index >= 15 is 0 Å². The van der Waals surface area contributed by atoms with Gasteiger partial charge < -0.3 is 5.11 Å². The number of fused-ring (bicyclic) bond motifs is 1. The number of benzene rings is 1. The summed E-state index contributed by atoms with van der Waals surface area (Å²) in [5.41, 5.74) is 4.31. The highest BCUT2D eigenvalue weighted by molar-refractivity contribution is 6.30. The van der Waals surface area contributed by atoms with Crippen LogP contribution in [-0.4, -0.2) is 26.2 Å². The molecule has 0 bridgehead atoms. The molecule has 0 atom stereocenters. The van der Waals surface area contributed by atoms with E-state index in [2.05, 4.69) is 15.3 Å². The van der Waals surface area contributed by atoms with Gasteiger partial charge in [0, 0.05) is 32.7 Å². The molecule has 0 amide bonds. The van der Waals surface area contributed by atoms with Crippen LogP contribution in [0.3, 0.4) is 0 Å². The van der Waals surface area contributed by atoms with E-state index in [4.69, 9.17) is 11.6 Å². The van der Waals surface area contributed by atoms with Crippen LogP contribution < -0.4 is 0 Å². The summed E-state index contributed by atoms with van der Waals surface area (Å²) < 4.78 is 1.84. The molecule has 0 unspecified atom stereocenters. The van der Waals surface area contributed by atoms with Crippen molar-refractivity contribution in [2.45, 2.75) is 27.7 Å². The van der Waals surface area contributed by atoms with Crippen molar-refractivity contribution in [2.75, 3.05) is 0 Å². The maximum atomic E-state index is 9.90. The summed E-state index contributed by atoms with van der Waals surface area (Å²) in [5, 5.41) is 25.5. The standard InChI is InChI=1S/C17H17ClN4O/c1-9-16-11(3)22(12(4)17(16)10(2)21-20-9)19-8-13-7-14(18)5-6-15(13)23/h5-8,23H,1-4H3/b19-8-. The summed E-state index contributed by atoms with van der Waals surface area (Å²) >= 11 is 5.97. The van der Waals surface area contributed by atoms with Gasteiger partial charge in [-0.25, -0.2) is 4.68 Å². The van der Waals surface area contributed by atoms with E-state index in [1.165, 1.54) is 0 Å². The van der Waals surface area contributed by atoms with E-state index in [9.17, 15) is 5.11 Å². The van der Waals surface area contributed by atoms with E-state index in [1.54, 1.807) is 24.4 Å². The van der Waals surface area contributed by atoms with E-state index in [0.717, 1.165) is 33.5 Å². The Bertz CT molecular complexity index is 899. The molecule has 0 radical (unpaired) electrons. The first kappa shape index (κ1) is 15.5. The number of hydrogen-bond donors (Lipinski definition) is 1. The zero-order chi connectivity index (χ0) is 16.7. The second-order valence-corrected chi connectivity index (χ2v) is 5.99. The molecule has 118 valence electrons. The third-order valence-electron chi connectivity index (χ3n) is 3.98. The lowest BCUT2D eigenvalue weighted by Gasteiger charge is -2.03. The summed E-state index contributed by atoms with van der Waals surface area (Å²) in [4.78, 5) is 0. The molecule has 23 heavy (non-hydrogen) atoms. The summed E-state index contributed by atoms with van der Waals surface area (Å²) in [6.07, 6.45) is 1.60. The largest absolute Gasteiger partial charge is 0.507 e. The van der Waals surface area contributed by atoms with Crippen LogP contribution in [0.5, 0.6) is 5.75 Å². The van der Waals surface area contributed by atoms with E-state index in [1.807, 2.05) is 32.4 Å². The van der Waals surface area contributed by atoms with Gasteiger partial charge in [-0.2, -0.15) is 15.3 Å². The van der Waals surface area contributed by atoms with Crippen molar-refractivity contribution in [3.8, 4) is 5.75 Å². The zero-order valence-corrected chi connectivity index (χ0v) is 14.2. The normalized spacial score (nSPS) is 11.7. The van der Waals surface area contributed by atoms with Crippen LogP contribution in [0.2, 0.25) is 5.02 Å². The Morgan fingerprint density at radius 2 is 1.61 bits per heavy atom. The smallest absolute Gasteiger partial charge is 0.124 e. The third-order valence-corrected chi connectivity index (χ3v) is 4.22. The van der Waals surface area contributed by atoms with Crippen LogP contribution >= 0.6 is 11.6 Å². The molecule has 0 aliphatic carbocycles. The first-order chi connectivity index (χ1) is 10.9. The van der Waals surface area contributed by atoms with Crippen molar-refractivity contribution < 1.29 is 5.11 Å². The Hall–Kier alpha value is -2.40. The molecule has 0 aliphatic rings. The first-order valence-electron chi connectivity index (χ1n) is 7.24. The van der Waals surface area contributed by atoms with Gasteiger partial charge in [-0.05, 0) is 45.9 Å². The molecule has 6 heteroatoms. The minimum absolute atomic E-state index is 0.140. The molecule has 3 rings (SSSR count). The first-order valence-corrected chi connectivity index (χ1v) is 7.62. The summed E-state index contributed by atoms with van der Waals surface area (Å²) in [6.45, 7) is 7.88. The van der Waals surface area contributed by atoms with Crippen LogP contribution in [0.25, 0.3) is 10.8 Å². The fourth-order valence-corrected chi connectivity index (χ4v) is 3.06. The zero-order valence-electron chi connectivity index (χ0n) is 13.4. The van der Waals surface area contributed by atoms with E-state index in [0.29, 0.717) is 10.6 Å². The van der Waals surface area contributed by atoms with Crippen LogP contribution in [-0.2, 0) is 0 Å². The Balaban J connectivity index is 2.18. The Morgan fingerprint density at radius 1 is 1.04 bits per heavy atom. The summed E-state index contributed by atoms with van der Waals surface area (Å²) in [7, 11) is 0. The average Bonchev–Trinajstić information content (AvgIpc) is 2.77. The molecule has 2 aromatic heterocycles. The van der Waals surface area contributed by atoms with Gasteiger partial charge in [0.15, 0.2) is 0 Å². The highest BCUT2D eigenvalue weighted by atomic mass is 35.5. The van der Waals surface area contributed by atoms with Crippen molar-refractivity contribution in [3.05, 3.63) is 51.6 Å². The van der Waals surface area contributed by atoms with Crippen molar-refractivity contribution in [1.29, 1.82) is 0 Å². The van der Waals surface area contributed by atoms with Gasteiger partial charge in [-0.3, -0.25) is 0 Å². The molecule has 0 spiro atoms. The van der Waals surface area contributed by atoms with Gasteiger partial charge in [-0.1, -0.05) is 11.6 Å². The topological polar surface area (TPSA) is 63.3 Å². The van der Waals surface area contributed by atoms with Crippen LogP contribution in [0.1, 0.15) is 28.3 Å². The second kappa shape index (κ2) is 5.66. The predicted octanol–water partition coefficient (Wildman–Crippen LogP) is 3.91. The molecular formula is C17H17ClN4O. The number of phenols is 1. The van der Waals surface area contributed by atoms with Crippen LogP contribution in [0.15, 0.2) is 23.3 Å². The lowest BCUT2D eigenvalue weighted by Crippen LogP contribution is -1.96. The highest BCUT2D eigenvalue weighted by Crippen LogP contribution is 2.29.